The summed E-state index contributed by atoms with van der Waals surface area (Å²) in [7, 11) is 0. The average molecular weight is 310 g/mol. The van der Waals surface area contributed by atoms with Crippen molar-refractivity contribution in [1.82, 2.24) is 0 Å². The van der Waals surface area contributed by atoms with E-state index in [2.05, 4.69) is 29.3 Å². The van der Waals surface area contributed by atoms with Crippen molar-refractivity contribution in [2.45, 2.75) is 32.2 Å². The van der Waals surface area contributed by atoms with E-state index in [1.54, 1.807) is 24.5 Å². The molecule has 0 unspecified atom stereocenters. The fraction of sp³-hybridized carbons (Fsp3) is 0.316. The summed E-state index contributed by atoms with van der Waals surface area (Å²) >= 11 is 0. The topological polar surface area (TPSA) is 45.5 Å². The number of rotatable bonds is 4. The lowest BCUT2D eigenvalue weighted by Gasteiger charge is -2.35. The summed E-state index contributed by atoms with van der Waals surface area (Å²) in [5, 5.41) is 2.86. The van der Waals surface area contributed by atoms with Crippen LogP contribution in [-0.2, 0) is 4.79 Å². The van der Waals surface area contributed by atoms with E-state index >= 15 is 0 Å². The van der Waals surface area contributed by atoms with E-state index in [1.807, 2.05) is 12.1 Å². The number of hydrogen-bond donors (Lipinski definition) is 1. The second-order valence-electron chi connectivity index (χ2n) is 5.92. The predicted octanol–water partition coefficient (Wildman–Crippen LogP) is 4.31. The number of carbonyl (C=O) groups is 1. The summed E-state index contributed by atoms with van der Waals surface area (Å²) in [5.41, 5.74) is 2.02. The summed E-state index contributed by atoms with van der Waals surface area (Å²) in [6.07, 6.45) is 8.51. The Morgan fingerprint density at radius 3 is 2.78 bits per heavy atom. The van der Waals surface area contributed by atoms with Gasteiger partial charge in [-0.2, -0.15) is 0 Å². The standard InChI is InChI=1S/C19H22N2O2/c1-15-5-2-3-13-21(15)17-9-7-16(8-10-17)20-19(22)12-11-18-6-4-14-23-18/h4,6-12,14-15H,2-3,5,13H2,1H3,(H,20,22)/b12-11+/t15-/m0/s1. The first-order valence-corrected chi connectivity index (χ1v) is 8.11. The normalized spacial score (nSPS) is 18.3. The number of carbonyl (C=O) groups excluding carboxylic acids is 1. The van der Waals surface area contributed by atoms with Crippen LogP contribution in [0.3, 0.4) is 0 Å². The van der Waals surface area contributed by atoms with Crippen LogP contribution in [-0.4, -0.2) is 18.5 Å². The molecule has 1 atom stereocenters. The highest BCUT2D eigenvalue weighted by Crippen LogP contribution is 2.25. The molecule has 1 amide bonds. The third kappa shape index (κ3) is 4.03. The van der Waals surface area contributed by atoms with E-state index in [0.717, 1.165) is 12.2 Å². The first-order chi connectivity index (χ1) is 11.2. The summed E-state index contributed by atoms with van der Waals surface area (Å²) < 4.78 is 5.15. The average Bonchev–Trinajstić information content (AvgIpc) is 3.08. The molecule has 2 heterocycles. The van der Waals surface area contributed by atoms with Gasteiger partial charge in [0.1, 0.15) is 5.76 Å². The molecular weight excluding hydrogens is 288 g/mol. The van der Waals surface area contributed by atoms with Crippen LogP contribution in [0.2, 0.25) is 0 Å². The van der Waals surface area contributed by atoms with Crippen LogP contribution in [0, 0.1) is 0 Å². The molecule has 0 aliphatic carbocycles. The van der Waals surface area contributed by atoms with E-state index in [9.17, 15) is 4.79 Å². The Labute approximate surface area is 136 Å². The largest absolute Gasteiger partial charge is 0.465 e. The van der Waals surface area contributed by atoms with Crippen molar-refractivity contribution < 1.29 is 9.21 Å². The zero-order valence-corrected chi connectivity index (χ0v) is 13.4. The number of nitrogens with one attached hydrogen (secondary N) is 1. The van der Waals surface area contributed by atoms with Gasteiger partial charge in [-0.15, -0.1) is 0 Å². The van der Waals surface area contributed by atoms with Gasteiger partial charge < -0.3 is 14.6 Å². The van der Waals surface area contributed by atoms with Crippen LogP contribution >= 0.6 is 0 Å². The lowest BCUT2D eigenvalue weighted by molar-refractivity contribution is -0.111. The highest BCUT2D eigenvalue weighted by atomic mass is 16.3. The smallest absolute Gasteiger partial charge is 0.248 e. The number of amides is 1. The Morgan fingerprint density at radius 2 is 2.09 bits per heavy atom. The second-order valence-corrected chi connectivity index (χ2v) is 5.92. The van der Waals surface area contributed by atoms with Gasteiger partial charge in [0.25, 0.3) is 0 Å². The molecule has 0 saturated carbocycles. The molecule has 1 aromatic carbocycles. The molecule has 4 heteroatoms. The molecule has 1 saturated heterocycles. The van der Waals surface area contributed by atoms with Crippen LogP contribution in [0.5, 0.6) is 0 Å². The third-order valence-corrected chi connectivity index (χ3v) is 4.21. The number of anilines is 2. The fourth-order valence-corrected chi connectivity index (χ4v) is 2.95. The van der Waals surface area contributed by atoms with Crippen molar-refractivity contribution in [3.63, 3.8) is 0 Å². The Hall–Kier alpha value is -2.49. The monoisotopic (exact) mass is 310 g/mol. The number of piperidine rings is 1. The molecule has 1 fully saturated rings. The summed E-state index contributed by atoms with van der Waals surface area (Å²) in [6.45, 7) is 3.38. The Bertz CT molecular complexity index is 659. The minimum Gasteiger partial charge on any atom is -0.465 e. The fourth-order valence-electron chi connectivity index (χ4n) is 2.95. The Morgan fingerprint density at radius 1 is 1.26 bits per heavy atom. The molecule has 2 aromatic rings. The van der Waals surface area contributed by atoms with Crippen LogP contribution in [0.1, 0.15) is 31.9 Å². The SMILES string of the molecule is C[C@H]1CCCCN1c1ccc(NC(=O)/C=C/c2ccco2)cc1. The zero-order valence-electron chi connectivity index (χ0n) is 13.4. The zero-order chi connectivity index (χ0) is 16.1. The molecule has 0 radical (unpaired) electrons. The van der Waals surface area contributed by atoms with Crippen LogP contribution < -0.4 is 10.2 Å². The van der Waals surface area contributed by atoms with Gasteiger partial charge in [-0.05, 0) is 68.7 Å². The second kappa shape index (κ2) is 7.18. The number of benzene rings is 1. The summed E-state index contributed by atoms with van der Waals surface area (Å²) in [5.74, 6) is 0.495. The van der Waals surface area contributed by atoms with Gasteiger partial charge in [0.15, 0.2) is 0 Å². The third-order valence-electron chi connectivity index (χ3n) is 4.21. The van der Waals surface area contributed by atoms with Gasteiger partial charge in [0, 0.05) is 30.0 Å². The van der Waals surface area contributed by atoms with E-state index in [0.29, 0.717) is 11.8 Å². The van der Waals surface area contributed by atoms with Gasteiger partial charge in [-0.1, -0.05) is 0 Å². The lowest BCUT2D eigenvalue weighted by atomic mass is 10.0. The Kier molecular flexibility index (Phi) is 4.81. The molecule has 0 bridgehead atoms. The number of hydrogen-bond acceptors (Lipinski definition) is 3. The summed E-state index contributed by atoms with van der Waals surface area (Å²) in [4.78, 5) is 14.3. The molecular formula is C19H22N2O2. The maximum absolute atomic E-state index is 11.9. The van der Waals surface area contributed by atoms with Gasteiger partial charge in [-0.25, -0.2) is 0 Å². The van der Waals surface area contributed by atoms with E-state index in [-0.39, 0.29) is 5.91 Å². The highest BCUT2D eigenvalue weighted by Gasteiger charge is 2.18. The van der Waals surface area contributed by atoms with Gasteiger partial charge >= 0.3 is 0 Å². The van der Waals surface area contributed by atoms with Crippen molar-refractivity contribution in [2.75, 3.05) is 16.8 Å². The van der Waals surface area contributed by atoms with Crippen LogP contribution in [0.4, 0.5) is 11.4 Å². The predicted molar refractivity (Wildman–Crippen MR) is 93.5 cm³/mol. The first kappa shape index (κ1) is 15.4. The minimum atomic E-state index is -0.166. The van der Waals surface area contributed by atoms with Crippen molar-refractivity contribution in [2.24, 2.45) is 0 Å². The van der Waals surface area contributed by atoms with Gasteiger partial charge in [0.05, 0.1) is 6.26 Å². The van der Waals surface area contributed by atoms with Crippen molar-refractivity contribution in [3.05, 3.63) is 54.5 Å². The quantitative estimate of drug-likeness (QED) is 0.856. The highest BCUT2D eigenvalue weighted by molar-refractivity contribution is 6.01. The molecule has 120 valence electrons. The van der Waals surface area contributed by atoms with Crippen molar-refractivity contribution >= 4 is 23.4 Å². The van der Waals surface area contributed by atoms with Crippen molar-refractivity contribution in [3.8, 4) is 0 Å². The van der Waals surface area contributed by atoms with Gasteiger partial charge in [0.2, 0.25) is 5.91 Å². The Balaban J connectivity index is 1.60. The molecule has 23 heavy (non-hydrogen) atoms. The molecule has 1 aliphatic rings. The molecule has 1 N–H and O–H groups in total. The number of nitrogens with zero attached hydrogens (tertiary/aromatic N) is 1. The van der Waals surface area contributed by atoms with Crippen LogP contribution in [0.15, 0.2) is 53.2 Å². The molecule has 4 nitrogen and oxygen atoms in total. The van der Waals surface area contributed by atoms with Crippen molar-refractivity contribution in [1.29, 1.82) is 0 Å². The first-order valence-electron chi connectivity index (χ1n) is 8.11. The van der Waals surface area contributed by atoms with Gasteiger partial charge in [-0.3, -0.25) is 4.79 Å². The molecule has 1 aliphatic heterocycles. The molecule has 0 spiro atoms. The molecule has 1 aromatic heterocycles. The maximum Gasteiger partial charge on any atom is 0.248 e. The van der Waals surface area contributed by atoms with E-state index < -0.39 is 0 Å². The lowest BCUT2D eigenvalue weighted by Crippen LogP contribution is -2.37. The van der Waals surface area contributed by atoms with E-state index in [4.69, 9.17) is 4.42 Å². The molecule has 3 rings (SSSR count). The summed E-state index contributed by atoms with van der Waals surface area (Å²) in [6, 6.07) is 12.2. The minimum absolute atomic E-state index is 0.166. The van der Waals surface area contributed by atoms with Crippen LogP contribution in [0.25, 0.3) is 6.08 Å². The maximum atomic E-state index is 11.9. The number of furan rings is 1. The van der Waals surface area contributed by atoms with E-state index in [1.165, 1.54) is 31.0 Å².